The van der Waals surface area contributed by atoms with Crippen molar-refractivity contribution in [1.29, 1.82) is 0 Å². The van der Waals surface area contributed by atoms with Crippen LogP contribution in [0.1, 0.15) is 25.0 Å². The van der Waals surface area contributed by atoms with E-state index in [0.29, 0.717) is 19.6 Å². The smallest absolute Gasteiger partial charge is 0.335 e. The summed E-state index contributed by atoms with van der Waals surface area (Å²) >= 11 is 0. The van der Waals surface area contributed by atoms with Crippen LogP contribution in [-0.4, -0.2) is 30.4 Å². The summed E-state index contributed by atoms with van der Waals surface area (Å²) in [5.41, 5.74) is 1.91. The summed E-state index contributed by atoms with van der Waals surface area (Å²) in [7, 11) is 0. The third-order valence-electron chi connectivity index (χ3n) is 2.65. The lowest BCUT2D eigenvalue weighted by Crippen LogP contribution is -2.29. The summed E-state index contributed by atoms with van der Waals surface area (Å²) < 4.78 is 10.4. The highest BCUT2D eigenvalue weighted by Crippen LogP contribution is 2.18. The number of rotatable bonds is 6. The van der Waals surface area contributed by atoms with Crippen molar-refractivity contribution in [2.24, 2.45) is 0 Å². The molecule has 0 aliphatic carbocycles. The lowest BCUT2D eigenvalue weighted by Gasteiger charge is -2.16. The van der Waals surface area contributed by atoms with Crippen LogP contribution < -0.4 is 0 Å². The van der Waals surface area contributed by atoms with E-state index in [4.69, 9.17) is 9.47 Å². The fourth-order valence-electron chi connectivity index (χ4n) is 1.76. The third-order valence-corrected chi connectivity index (χ3v) is 2.65. The molecule has 0 spiro atoms. The van der Waals surface area contributed by atoms with Gasteiger partial charge >= 0.3 is 5.97 Å². The van der Waals surface area contributed by atoms with Crippen LogP contribution >= 0.6 is 0 Å². The van der Waals surface area contributed by atoms with E-state index in [-0.39, 0.29) is 11.7 Å². The molecule has 0 fully saturated rings. The van der Waals surface area contributed by atoms with E-state index in [1.165, 1.54) is 0 Å². The summed E-state index contributed by atoms with van der Waals surface area (Å²) in [5, 5.41) is 9.35. The van der Waals surface area contributed by atoms with Gasteiger partial charge in [-0.3, -0.25) is 0 Å². The van der Waals surface area contributed by atoms with Gasteiger partial charge in [-0.1, -0.05) is 6.07 Å². The van der Waals surface area contributed by atoms with Crippen LogP contribution in [0.5, 0.6) is 5.75 Å². The molecular weight excluding hydrogens is 232 g/mol. The fraction of sp³-hybridized carbons (Fsp3) is 0.500. The molecule has 18 heavy (non-hydrogen) atoms. The van der Waals surface area contributed by atoms with Crippen LogP contribution in [0.4, 0.5) is 0 Å². The number of aromatic hydroxyl groups is 1. The average molecular weight is 252 g/mol. The highest BCUT2D eigenvalue weighted by molar-refractivity contribution is 5.75. The highest BCUT2D eigenvalue weighted by atomic mass is 16.6. The Kier molecular flexibility index (Phi) is 5.65. The molecular formula is C14H20O4. The lowest BCUT2D eigenvalue weighted by atomic mass is 10.0. The molecule has 100 valence electrons. The van der Waals surface area contributed by atoms with Crippen molar-refractivity contribution >= 4 is 5.97 Å². The van der Waals surface area contributed by atoms with Crippen LogP contribution in [0, 0.1) is 6.92 Å². The summed E-state index contributed by atoms with van der Waals surface area (Å²) in [4.78, 5) is 11.7. The average Bonchev–Trinajstić information content (AvgIpc) is 2.32. The molecule has 4 nitrogen and oxygen atoms in total. The Balaban J connectivity index is 2.79. The van der Waals surface area contributed by atoms with Gasteiger partial charge in [-0.15, -0.1) is 0 Å². The van der Waals surface area contributed by atoms with E-state index in [2.05, 4.69) is 0 Å². The Morgan fingerprint density at radius 3 is 2.61 bits per heavy atom. The van der Waals surface area contributed by atoms with Crippen molar-refractivity contribution in [2.45, 2.75) is 33.3 Å². The zero-order chi connectivity index (χ0) is 13.5. The number of ether oxygens (including phenoxy) is 2. The second kappa shape index (κ2) is 7.01. The molecule has 1 aromatic carbocycles. The number of carbonyl (C=O) groups is 1. The number of benzene rings is 1. The number of hydrogen-bond donors (Lipinski definition) is 1. The van der Waals surface area contributed by atoms with Gasteiger partial charge in [0.25, 0.3) is 0 Å². The maximum Gasteiger partial charge on any atom is 0.335 e. The zero-order valence-electron chi connectivity index (χ0n) is 11.1. The van der Waals surface area contributed by atoms with Crippen molar-refractivity contribution in [2.75, 3.05) is 13.2 Å². The van der Waals surface area contributed by atoms with Crippen LogP contribution in [0.2, 0.25) is 0 Å². The largest absolute Gasteiger partial charge is 0.508 e. The molecule has 0 aromatic heterocycles. The Hall–Kier alpha value is -1.55. The van der Waals surface area contributed by atoms with Gasteiger partial charge in [0, 0.05) is 13.0 Å². The molecule has 1 aromatic rings. The second-order valence-electron chi connectivity index (χ2n) is 4.01. The van der Waals surface area contributed by atoms with Gasteiger partial charge in [0.2, 0.25) is 0 Å². The highest BCUT2D eigenvalue weighted by Gasteiger charge is 2.21. The lowest BCUT2D eigenvalue weighted by molar-refractivity contribution is -0.156. The fourth-order valence-corrected chi connectivity index (χ4v) is 1.76. The Morgan fingerprint density at radius 1 is 1.33 bits per heavy atom. The van der Waals surface area contributed by atoms with Gasteiger partial charge < -0.3 is 14.6 Å². The van der Waals surface area contributed by atoms with Gasteiger partial charge in [-0.25, -0.2) is 4.79 Å². The van der Waals surface area contributed by atoms with Gasteiger partial charge in [0.15, 0.2) is 6.10 Å². The molecule has 1 rings (SSSR count). The standard InChI is InChI=1S/C14H20O4/c1-4-17-13(14(16)18-5-2)9-11-6-7-12(15)8-10(11)3/h6-8,13,15H,4-5,9H2,1-3H3/t13-/m0/s1. The van der Waals surface area contributed by atoms with E-state index >= 15 is 0 Å². The van der Waals surface area contributed by atoms with Crippen molar-refractivity contribution < 1.29 is 19.4 Å². The molecule has 0 bridgehead atoms. The molecule has 0 radical (unpaired) electrons. The van der Waals surface area contributed by atoms with E-state index in [1.54, 1.807) is 25.1 Å². The van der Waals surface area contributed by atoms with Gasteiger partial charge in [-0.2, -0.15) is 0 Å². The van der Waals surface area contributed by atoms with Gasteiger partial charge in [0.05, 0.1) is 6.61 Å². The molecule has 4 heteroatoms. The number of carbonyl (C=O) groups excluding carboxylic acids is 1. The summed E-state index contributed by atoms with van der Waals surface area (Å²) in [6.07, 6.45) is -0.128. The van der Waals surface area contributed by atoms with E-state index in [9.17, 15) is 9.90 Å². The summed E-state index contributed by atoms with van der Waals surface area (Å²) in [5.74, 6) is -0.118. The minimum atomic E-state index is -0.585. The predicted octanol–water partition coefficient (Wildman–Crippen LogP) is 2.21. The van der Waals surface area contributed by atoms with Crippen molar-refractivity contribution in [1.82, 2.24) is 0 Å². The second-order valence-corrected chi connectivity index (χ2v) is 4.01. The van der Waals surface area contributed by atoms with Gasteiger partial charge in [0.1, 0.15) is 5.75 Å². The van der Waals surface area contributed by atoms with E-state index < -0.39 is 6.10 Å². The van der Waals surface area contributed by atoms with Crippen molar-refractivity contribution in [3.8, 4) is 5.75 Å². The molecule has 0 aliphatic rings. The first kappa shape index (κ1) is 14.5. The van der Waals surface area contributed by atoms with Crippen LogP contribution in [0.15, 0.2) is 18.2 Å². The molecule has 0 aliphatic heterocycles. The third kappa shape index (κ3) is 4.04. The zero-order valence-corrected chi connectivity index (χ0v) is 11.1. The summed E-state index contributed by atoms with van der Waals surface area (Å²) in [6.45, 7) is 6.31. The van der Waals surface area contributed by atoms with Crippen molar-refractivity contribution in [3.63, 3.8) is 0 Å². The SMILES string of the molecule is CCOC(=O)[C@H](Cc1ccc(O)cc1C)OCC. The van der Waals surface area contributed by atoms with E-state index in [1.807, 2.05) is 13.8 Å². The molecule has 0 amide bonds. The molecule has 0 unspecified atom stereocenters. The van der Waals surface area contributed by atoms with Gasteiger partial charge in [-0.05, 0) is 44.0 Å². The quantitative estimate of drug-likeness (QED) is 0.789. The number of phenols is 1. The molecule has 1 atom stereocenters. The minimum Gasteiger partial charge on any atom is -0.508 e. The maximum absolute atomic E-state index is 11.7. The number of aryl methyl sites for hydroxylation is 1. The minimum absolute atomic E-state index is 0.223. The normalized spacial score (nSPS) is 12.2. The number of hydrogen-bond acceptors (Lipinski definition) is 4. The van der Waals surface area contributed by atoms with Crippen LogP contribution in [-0.2, 0) is 20.7 Å². The predicted molar refractivity (Wildman–Crippen MR) is 68.6 cm³/mol. The summed E-state index contributed by atoms with van der Waals surface area (Å²) in [6, 6.07) is 5.08. The molecule has 1 N–H and O–H groups in total. The number of esters is 1. The topological polar surface area (TPSA) is 55.8 Å². The Morgan fingerprint density at radius 2 is 2.06 bits per heavy atom. The maximum atomic E-state index is 11.7. The molecule has 0 saturated heterocycles. The monoisotopic (exact) mass is 252 g/mol. The van der Waals surface area contributed by atoms with Crippen LogP contribution in [0.25, 0.3) is 0 Å². The van der Waals surface area contributed by atoms with E-state index in [0.717, 1.165) is 11.1 Å². The first-order valence-electron chi connectivity index (χ1n) is 6.15. The first-order chi connectivity index (χ1) is 8.58. The van der Waals surface area contributed by atoms with Crippen molar-refractivity contribution in [3.05, 3.63) is 29.3 Å². The Labute approximate surface area is 108 Å². The molecule has 0 heterocycles. The Bertz CT molecular complexity index is 401. The first-order valence-corrected chi connectivity index (χ1v) is 6.15. The van der Waals surface area contributed by atoms with Crippen LogP contribution in [0.3, 0.4) is 0 Å². The number of phenolic OH excluding ortho intramolecular Hbond substituents is 1. The molecule has 0 saturated carbocycles.